The Morgan fingerprint density at radius 1 is 0.727 bits per heavy atom. The average Bonchev–Trinajstić information content (AvgIpc) is 2.85. The minimum atomic E-state index is -0.839. The van der Waals surface area contributed by atoms with Crippen LogP contribution in [0.25, 0.3) is 0 Å². The summed E-state index contributed by atoms with van der Waals surface area (Å²) in [7, 11) is -0.839. The van der Waals surface area contributed by atoms with Crippen LogP contribution in [-0.4, -0.2) is 5.58 Å². The zero-order valence-electron chi connectivity index (χ0n) is 19.6. The standard InChI is InChI=1S/C30H31N2P/c1-23(2)28-21-13-14-24(3)29(28)32-30(31-22-25-15-7-4-8-16-25)33(26-17-9-5-10-18-26)27-19-11-6-12-20-27/h4-21,23H,22H2,1-3H3,(H,31,32). The number of rotatable bonds is 7. The maximum atomic E-state index is 5.38. The largest absolute Gasteiger partial charge is 0.365 e. The van der Waals surface area contributed by atoms with Crippen molar-refractivity contribution in [1.29, 1.82) is 0 Å². The van der Waals surface area contributed by atoms with Gasteiger partial charge in [0.05, 0.1) is 5.69 Å². The summed E-state index contributed by atoms with van der Waals surface area (Å²) in [4.78, 5) is 5.38. The van der Waals surface area contributed by atoms with Crippen molar-refractivity contribution in [2.75, 3.05) is 0 Å². The molecule has 33 heavy (non-hydrogen) atoms. The van der Waals surface area contributed by atoms with Gasteiger partial charge in [0.2, 0.25) is 0 Å². The van der Waals surface area contributed by atoms with E-state index in [1.54, 1.807) is 0 Å². The fraction of sp³-hybridized carbons (Fsp3) is 0.167. The number of aryl methyl sites for hydroxylation is 1. The van der Waals surface area contributed by atoms with Gasteiger partial charge in [-0.2, -0.15) is 0 Å². The lowest BCUT2D eigenvalue weighted by molar-refractivity contribution is 0.863. The molecule has 1 N–H and O–H groups in total. The van der Waals surface area contributed by atoms with Gasteiger partial charge in [-0.3, -0.25) is 0 Å². The van der Waals surface area contributed by atoms with Crippen LogP contribution in [0.5, 0.6) is 0 Å². The van der Waals surface area contributed by atoms with E-state index in [0.29, 0.717) is 5.92 Å². The van der Waals surface area contributed by atoms with E-state index in [4.69, 9.17) is 4.99 Å². The molecule has 2 nitrogen and oxygen atoms in total. The van der Waals surface area contributed by atoms with Gasteiger partial charge in [0, 0.05) is 14.5 Å². The van der Waals surface area contributed by atoms with Crippen LogP contribution in [0.1, 0.15) is 36.5 Å². The first-order chi connectivity index (χ1) is 16.1. The second-order valence-corrected chi connectivity index (χ2v) is 10.6. The highest BCUT2D eigenvalue weighted by Gasteiger charge is 2.22. The van der Waals surface area contributed by atoms with Crippen molar-refractivity contribution in [3.63, 3.8) is 0 Å². The molecular formula is C30H31N2P. The molecule has 3 heteroatoms. The van der Waals surface area contributed by atoms with Crippen LogP contribution < -0.4 is 15.9 Å². The molecule has 4 rings (SSSR count). The molecule has 0 aliphatic rings. The molecule has 4 aromatic carbocycles. The summed E-state index contributed by atoms with van der Waals surface area (Å²) in [5, 5.41) is 6.33. The number of hydrogen-bond donors (Lipinski definition) is 1. The molecule has 0 aliphatic carbocycles. The third-order valence-corrected chi connectivity index (χ3v) is 7.95. The quantitative estimate of drug-likeness (QED) is 0.182. The monoisotopic (exact) mass is 450 g/mol. The number of aliphatic imine (C=N–C) groups is 1. The van der Waals surface area contributed by atoms with Crippen molar-refractivity contribution >= 4 is 29.8 Å². The summed E-state index contributed by atoms with van der Waals surface area (Å²) in [6, 6.07) is 38.6. The molecular weight excluding hydrogens is 419 g/mol. The van der Waals surface area contributed by atoms with E-state index < -0.39 is 7.92 Å². The number of nitrogens with one attached hydrogen (secondary N) is 1. The lowest BCUT2D eigenvalue weighted by Gasteiger charge is -2.23. The smallest absolute Gasteiger partial charge is 0.134 e. The molecule has 0 unspecified atom stereocenters. The van der Waals surface area contributed by atoms with E-state index in [0.717, 1.165) is 17.8 Å². The predicted octanol–water partition coefficient (Wildman–Crippen LogP) is 7.03. The van der Waals surface area contributed by atoms with Gasteiger partial charge in [0.25, 0.3) is 0 Å². The van der Waals surface area contributed by atoms with Gasteiger partial charge in [-0.15, -0.1) is 0 Å². The van der Waals surface area contributed by atoms with E-state index in [1.165, 1.54) is 27.3 Å². The van der Waals surface area contributed by atoms with E-state index in [9.17, 15) is 0 Å². The van der Waals surface area contributed by atoms with Crippen LogP contribution >= 0.6 is 7.92 Å². The SMILES string of the molecule is Cc1cccc(C(C)C)c1/N=C(/NCc1ccccc1)P(c1ccccc1)c1ccccc1. The Labute approximate surface area is 199 Å². The normalized spacial score (nSPS) is 11.7. The van der Waals surface area contributed by atoms with Crippen molar-refractivity contribution in [2.24, 2.45) is 4.99 Å². The first kappa shape index (κ1) is 23.0. The van der Waals surface area contributed by atoms with Gasteiger partial charge in [0.1, 0.15) is 5.58 Å². The Balaban J connectivity index is 1.86. The molecule has 0 bridgehead atoms. The van der Waals surface area contributed by atoms with Crippen molar-refractivity contribution in [3.05, 3.63) is 126 Å². The van der Waals surface area contributed by atoms with Crippen molar-refractivity contribution in [1.82, 2.24) is 5.32 Å². The second kappa shape index (κ2) is 11.1. The predicted molar refractivity (Wildman–Crippen MR) is 145 cm³/mol. The van der Waals surface area contributed by atoms with E-state index in [2.05, 4.69) is 135 Å². The van der Waals surface area contributed by atoms with Gasteiger partial charge in [-0.25, -0.2) is 4.99 Å². The molecule has 0 amide bonds. The van der Waals surface area contributed by atoms with Crippen LogP contribution in [0.4, 0.5) is 5.69 Å². The van der Waals surface area contributed by atoms with Gasteiger partial charge in [0.15, 0.2) is 0 Å². The Hall–Kier alpha value is -3.22. The van der Waals surface area contributed by atoms with E-state index in [1.807, 2.05) is 0 Å². The summed E-state index contributed by atoms with van der Waals surface area (Å²) in [6.45, 7) is 7.37. The first-order valence-electron chi connectivity index (χ1n) is 11.5. The number of nitrogens with zero attached hydrogens (tertiary/aromatic N) is 1. The van der Waals surface area contributed by atoms with E-state index >= 15 is 0 Å². The topological polar surface area (TPSA) is 24.4 Å². The zero-order valence-corrected chi connectivity index (χ0v) is 20.5. The lowest BCUT2D eigenvalue weighted by Crippen LogP contribution is -2.29. The van der Waals surface area contributed by atoms with Gasteiger partial charge < -0.3 is 5.32 Å². The van der Waals surface area contributed by atoms with Crippen molar-refractivity contribution < 1.29 is 0 Å². The van der Waals surface area contributed by atoms with Crippen LogP contribution in [0.15, 0.2) is 114 Å². The third-order valence-electron chi connectivity index (χ3n) is 5.64. The third kappa shape index (κ3) is 5.78. The fourth-order valence-corrected chi connectivity index (χ4v) is 6.06. The van der Waals surface area contributed by atoms with E-state index in [-0.39, 0.29) is 0 Å². The maximum Gasteiger partial charge on any atom is 0.134 e. The average molecular weight is 451 g/mol. The molecule has 0 saturated heterocycles. The summed E-state index contributed by atoms with van der Waals surface area (Å²) in [5.41, 5.74) is 5.85. The molecule has 0 saturated carbocycles. The van der Waals surface area contributed by atoms with Crippen LogP contribution in [0, 0.1) is 6.92 Å². The van der Waals surface area contributed by atoms with Crippen LogP contribution in [-0.2, 0) is 6.54 Å². The summed E-state index contributed by atoms with van der Waals surface area (Å²) in [6.07, 6.45) is 0. The number of benzene rings is 4. The number of amidine groups is 1. The molecule has 0 heterocycles. The molecule has 0 radical (unpaired) electrons. The Morgan fingerprint density at radius 2 is 1.27 bits per heavy atom. The zero-order chi connectivity index (χ0) is 23.0. The van der Waals surface area contributed by atoms with Crippen LogP contribution in [0.2, 0.25) is 0 Å². The Morgan fingerprint density at radius 3 is 1.82 bits per heavy atom. The summed E-state index contributed by atoms with van der Waals surface area (Å²) < 4.78 is 0. The van der Waals surface area contributed by atoms with Gasteiger partial charge in [-0.1, -0.05) is 123 Å². The minimum Gasteiger partial charge on any atom is -0.365 e. The highest BCUT2D eigenvalue weighted by molar-refractivity contribution is 7.88. The lowest BCUT2D eigenvalue weighted by atomic mass is 9.98. The van der Waals surface area contributed by atoms with Crippen LogP contribution in [0.3, 0.4) is 0 Å². The second-order valence-electron chi connectivity index (χ2n) is 8.45. The molecule has 0 spiro atoms. The molecule has 0 fully saturated rings. The number of hydrogen-bond acceptors (Lipinski definition) is 1. The van der Waals surface area contributed by atoms with Crippen molar-refractivity contribution in [3.8, 4) is 0 Å². The van der Waals surface area contributed by atoms with Crippen molar-refractivity contribution in [2.45, 2.75) is 33.2 Å². The fourth-order valence-electron chi connectivity index (χ4n) is 3.90. The Bertz CT molecular complexity index is 1150. The maximum absolute atomic E-state index is 5.38. The molecule has 4 aromatic rings. The Kier molecular flexibility index (Phi) is 7.70. The number of para-hydroxylation sites is 1. The molecule has 0 aliphatic heterocycles. The highest BCUT2D eigenvalue weighted by Crippen LogP contribution is 2.38. The minimum absolute atomic E-state index is 0.402. The summed E-state index contributed by atoms with van der Waals surface area (Å²) in [5.74, 6) is 0.402. The molecule has 0 atom stereocenters. The highest BCUT2D eigenvalue weighted by atomic mass is 31.1. The van der Waals surface area contributed by atoms with Gasteiger partial charge in [-0.05, 0) is 40.1 Å². The first-order valence-corrected chi connectivity index (χ1v) is 12.8. The molecule has 166 valence electrons. The summed E-state index contributed by atoms with van der Waals surface area (Å²) >= 11 is 0. The van der Waals surface area contributed by atoms with Gasteiger partial charge >= 0.3 is 0 Å². The molecule has 0 aromatic heterocycles.